The Labute approximate surface area is 115 Å². The molecule has 0 aliphatic rings. The van der Waals surface area contributed by atoms with E-state index in [1.54, 1.807) is 18.5 Å². The summed E-state index contributed by atoms with van der Waals surface area (Å²) in [6.07, 6.45) is 3.25. The maximum atomic E-state index is 9.84. The van der Waals surface area contributed by atoms with Crippen LogP contribution < -0.4 is 0 Å². The van der Waals surface area contributed by atoms with Gasteiger partial charge in [-0.1, -0.05) is 11.3 Å². The van der Waals surface area contributed by atoms with Crippen LogP contribution in [0.5, 0.6) is 5.75 Å². The van der Waals surface area contributed by atoms with Crippen molar-refractivity contribution in [3.8, 4) is 16.3 Å². The summed E-state index contributed by atoms with van der Waals surface area (Å²) in [6.45, 7) is 0. The van der Waals surface area contributed by atoms with E-state index in [0.717, 1.165) is 19.0 Å². The molecule has 0 amide bonds. The van der Waals surface area contributed by atoms with Gasteiger partial charge in [0.2, 0.25) is 0 Å². The summed E-state index contributed by atoms with van der Waals surface area (Å²) < 4.78 is 1.05. The normalized spacial score (nSPS) is 10.9. The number of benzene rings is 1. The second kappa shape index (κ2) is 4.19. The molecule has 0 saturated heterocycles. The van der Waals surface area contributed by atoms with E-state index >= 15 is 0 Å². The smallest absolute Gasteiger partial charge is 0.190 e. The Morgan fingerprint density at radius 3 is 2.82 bits per heavy atom. The van der Waals surface area contributed by atoms with Gasteiger partial charge < -0.3 is 5.11 Å². The van der Waals surface area contributed by atoms with Gasteiger partial charge in [-0.05, 0) is 40.8 Å². The minimum atomic E-state index is 0.226. The van der Waals surface area contributed by atoms with Crippen LogP contribution >= 0.6 is 33.9 Å². The highest BCUT2D eigenvalue weighted by atomic mass is 127. The van der Waals surface area contributed by atoms with Gasteiger partial charge in [0, 0.05) is 16.0 Å². The van der Waals surface area contributed by atoms with Crippen molar-refractivity contribution in [2.24, 2.45) is 0 Å². The lowest BCUT2D eigenvalue weighted by molar-refractivity contribution is 0.477. The zero-order valence-electron chi connectivity index (χ0n) is 8.46. The number of halogens is 1. The molecule has 0 bridgehead atoms. The molecule has 0 aliphatic carbocycles. The third kappa shape index (κ3) is 1.98. The number of phenols is 1. The third-order valence-corrected chi connectivity index (χ3v) is 3.89. The van der Waals surface area contributed by atoms with Crippen molar-refractivity contribution in [3.63, 3.8) is 0 Å². The molecule has 2 aromatic heterocycles. The van der Waals surface area contributed by atoms with Gasteiger partial charge in [0.15, 0.2) is 10.5 Å². The van der Waals surface area contributed by atoms with Crippen molar-refractivity contribution in [1.29, 1.82) is 0 Å². The van der Waals surface area contributed by atoms with Crippen molar-refractivity contribution in [2.45, 2.75) is 0 Å². The Balaban J connectivity index is 2.23. The molecule has 0 fully saturated rings. The van der Waals surface area contributed by atoms with Gasteiger partial charge in [-0.15, -0.1) is 0 Å². The standard InChI is InChI=1S/C11H6IN3OS/c12-6-1-2-8(16)7(5-6)10-15-9-11(17-10)14-4-3-13-9/h1-5,16H. The molecule has 0 spiro atoms. The van der Waals surface area contributed by atoms with E-state index in [9.17, 15) is 5.11 Å². The molecule has 6 heteroatoms. The van der Waals surface area contributed by atoms with Crippen LogP contribution in [0.2, 0.25) is 0 Å². The van der Waals surface area contributed by atoms with Crippen molar-refractivity contribution in [3.05, 3.63) is 34.2 Å². The minimum Gasteiger partial charge on any atom is -0.507 e. The molecule has 3 rings (SSSR count). The molecule has 0 aliphatic heterocycles. The zero-order valence-corrected chi connectivity index (χ0v) is 11.4. The molecule has 3 aromatic rings. The van der Waals surface area contributed by atoms with Crippen LogP contribution in [0.4, 0.5) is 0 Å². The highest BCUT2D eigenvalue weighted by molar-refractivity contribution is 14.1. The van der Waals surface area contributed by atoms with Gasteiger partial charge in [-0.2, -0.15) is 0 Å². The molecule has 0 unspecified atom stereocenters. The summed E-state index contributed by atoms with van der Waals surface area (Å²) in [7, 11) is 0. The van der Waals surface area contributed by atoms with Crippen LogP contribution in [0, 0.1) is 3.57 Å². The molecule has 0 radical (unpaired) electrons. The fraction of sp³-hybridized carbons (Fsp3) is 0. The maximum absolute atomic E-state index is 9.84. The first-order valence-electron chi connectivity index (χ1n) is 4.80. The quantitative estimate of drug-likeness (QED) is 0.682. The van der Waals surface area contributed by atoms with E-state index in [1.165, 1.54) is 11.3 Å². The number of phenolic OH excluding ortho intramolecular Hbond substituents is 1. The highest BCUT2D eigenvalue weighted by Crippen LogP contribution is 2.34. The van der Waals surface area contributed by atoms with Gasteiger partial charge in [-0.25, -0.2) is 15.0 Å². The Bertz CT molecular complexity index is 665. The molecule has 4 nitrogen and oxygen atoms in total. The summed E-state index contributed by atoms with van der Waals surface area (Å²) in [5.74, 6) is 0.226. The number of nitrogens with zero attached hydrogens (tertiary/aromatic N) is 3. The topological polar surface area (TPSA) is 58.9 Å². The predicted molar refractivity (Wildman–Crippen MR) is 75.0 cm³/mol. The second-order valence-electron chi connectivity index (χ2n) is 3.37. The first-order valence-corrected chi connectivity index (χ1v) is 6.70. The SMILES string of the molecule is Oc1ccc(I)cc1-c1nc2nccnc2s1. The second-order valence-corrected chi connectivity index (χ2v) is 5.59. The van der Waals surface area contributed by atoms with E-state index in [2.05, 4.69) is 37.5 Å². The van der Waals surface area contributed by atoms with Gasteiger partial charge in [0.1, 0.15) is 10.8 Å². The third-order valence-electron chi connectivity index (χ3n) is 2.24. The number of fused-ring (bicyclic) bond motifs is 1. The van der Waals surface area contributed by atoms with Crippen LogP contribution in [0.25, 0.3) is 21.0 Å². The van der Waals surface area contributed by atoms with Crippen molar-refractivity contribution >= 4 is 44.4 Å². The van der Waals surface area contributed by atoms with Gasteiger partial charge in [0.05, 0.1) is 5.56 Å². The number of hydrogen-bond acceptors (Lipinski definition) is 5. The van der Waals surface area contributed by atoms with Crippen LogP contribution in [-0.4, -0.2) is 20.1 Å². The fourth-order valence-electron chi connectivity index (χ4n) is 1.47. The maximum Gasteiger partial charge on any atom is 0.190 e. The summed E-state index contributed by atoms with van der Waals surface area (Å²) >= 11 is 3.63. The van der Waals surface area contributed by atoms with Crippen molar-refractivity contribution < 1.29 is 5.11 Å². The molecule has 84 valence electrons. The summed E-state index contributed by atoms with van der Waals surface area (Å²) in [5, 5.41) is 10.6. The van der Waals surface area contributed by atoms with E-state index in [4.69, 9.17) is 0 Å². The lowest BCUT2D eigenvalue weighted by atomic mass is 10.2. The molecular formula is C11H6IN3OS. The minimum absolute atomic E-state index is 0.226. The molecule has 1 N–H and O–H groups in total. The molecule has 0 saturated carbocycles. The molecule has 0 atom stereocenters. The van der Waals surface area contributed by atoms with Crippen molar-refractivity contribution in [2.75, 3.05) is 0 Å². The molecular weight excluding hydrogens is 349 g/mol. The Morgan fingerprint density at radius 1 is 1.18 bits per heavy atom. The zero-order chi connectivity index (χ0) is 11.8. The number of aromatic nitrogens is 3. The first kappa shape index (κ1) is 10.8. The van der Waals surface area contributed by atoms with E-state index in [0.29, 0.717) is 5.65 Å². The lowest BCUT2D eigenvalue weighted by Gasteiger charge is -2.00. The Kier molecular flexibility index (Phi) is 2.67. The molecule has 17 heavy (non-hydrogen) atoms. The fourth-order valence-corrected chi connectivity index (χ4v) is 2.86. The van der Waals surface area contributed by atoms with E-state index in [-0.39, 0.29) is 5.75 Å². The summed E-state index contributed by atoms with van der Waals surface area (Å²) in [5.41, 5.74) is 1.34. The number of thiazole rings is 1. The molecule has 2 heterocycles. The molecule has 1 aromatic carbocycles. The predicted octanol–water partition coefficient (Wildman–Crippen LogP) is 3.06. The van der Waals surface area contributed by atoms with Gasteiger partial charge in [0.25, 0.3) is 0 Å². The van der Waals surface area contributed by atoms with Crippen LogP contribution in [0.1, 0.15) is 0 Å². The summed E-state index contributed by atoms with van der Waals surface area (Å²) in [6, 6.07) is 5.42. The average molecular weight is 355 g/mol. The Morgan fingerprint density at radius 2 is 2.00 bits per heavy atom. The monoisotopic (exact) mass is 355 g/mol. The highest BCUT2D eigenvalue weighted by Gasteiger charge is 2.11. The number of aromatic hydroxyl groups is 1. The lowest BCUT2D eigenvalue weighted by Crippen LogP contribution is -1.80. The van der Waals surface area contributed by atoms with Gasteiger partial charge >= 0.3 is 0 Å². The summed E-state index contributed by atoms with van der Waals surface area (Å²) in [4.78, 5) is 13.5. The largest absolute Gasteiger partial charge is 0.507 e. The first-order chi connectivity index (χ1) is 8.24. The number of rotatable bonds is 1. The Hall–Kier alpha value is -1.28. The van der Waals surface area contributed by atoms with Crippen molar-refractivity contribution in [1.82, 2.24) is 15.0 Å². The van der Waals surface area contributed by atoms with E-state index in [1.807, 2.05) is 12.1 Å². The van der Waals surface area contributed by atoms with Crippen LogP contribution in [-0.2, 0) is 0 Å². The van der Waals surface area contributed by atoms with Gasteiger partial charge in [-0.3, -0.25) is 0 Å². The van der Waals surface area contributed by atoms with Crippen LogP contribution in [0.15, 0.2) is 30.6 Å². The average Bonchev–Trinajstić information content (AvgIpc) is 2.75. The number of hydrogen-bond donors (Lipinski definition) is 1. The van der Waals surface area contributed by atoms with Crippen LogP contribution in [0.3, 0.4) is 0 Å². The van der Waals surface area contributed by atoms with E-state index < -0.39 is 0 Å².